The quantitative estimate of drug-likeness (QED) is 0.337. The van der Waals surface area contributed by atoms with E-state index >= 15 is 0 Å². The molecule has 3 heterocycles. The highest BCUT2D eigenvalue weighted by atomic mass is 35.5. The van der Waals surface area contributed by atoms with Gasteiger partial charge in [-0.3, -0.25) is 19.9 Å². The first kappa shape index (κ1) is 23.8. The number of pyridine rings is 2. The van der Waals surface area contributed by atoms with Crippen LogP contribution in [0.15, 0.2) is 73.3 Å². The van der Waals surface area contributed by atoms with E-state index in [-0.39, 0.29) is 5.75 Å². The van der Waals surface area contributed by atoms with Gasteiger partial charge in [-0.25, -0.2) is 0 Å². The van der Waals surface area contributed by atoms with Gasteiger partial charge in [0.1, 0.15) is 5.75 Å². The molecule has 0 saturated heterocycles. The molecule has 10 heteroatoms. The SMILES string of the molecule is CC.O=C(Nc1ccc(OC(F)(F)Cl)cc1)c1cnc(-c2ccncc2)c(-c2ccn[nH]2)c1. The summed E-state index contributed by atoms with van der Waals surface area (Å²) in [5, 5.41) is 9.54. The van der Waals surface area contributed by atoms with Crippen LogP contribution < -0.4 is 10.1 Å². The number of nitrogens with one attached hydrogen (secondary N) is 2. The van der Waals surface area contributed by atoms with Crippen LogP contribution in [0.3, 0.4) is 0 Å². The molecule has 0 aliphatic rings. The minimum absolute atomic E-state index is 0.136. The lowest BCUT2D eigenvalue weighted by Gasteiger charge is -2.12. The van der Waals surface area contributed by atoms with Crippen LogP contribution in [-0.2, 0) is 0 Å². The fraction of sp³-hybridized carbons (Fsp3) is 0.130. The Morgan fingerprint density at radius 3 is 2.36 bits per heavy atom. The maximum atomic E-state index is 12.7. The van der Waals surface area contributed by atoms with Gasteiger partial charge in [-0.1, -0.05) is 13.8 Å². The van der Waals surface area contributed by atoms with E-state index in [9.17, 15) is 13.6 Å². The van der Waals surface area contributed by atoms with Crippen molar-refractivity contribution in [3.8, 4) is 28.3 Å². The van der Waals surface area contributed by atoms with Crippen LogP contribution in [0.5, 0.6) is 5.75 Å². The van der Waals surface area contributed by atoms with Gasteiger partial charge in [0.2, 0.25) is 0 Å². The topological polar surface area (TPSA) is 92.8 Å². The fourth-order valence-electron chi connectivity index (χ4n) is 2.88. The van der Waals surface area contributed by atoms with Crippen molar-refractivity contribution in [2.45, 2.75) is 19.4 Å². The number of H-pyrrole nitrogens is 1. The van der Waals surface area contributed by atoms with Gasteiger partial charge in [-0.05, 0) is 48.5 Å². The molecule has 0 fully saturated rings. The number of amides is 1. The maximum absolute atomic E-state index is 12.7. The van der Waals surface area contributed by atoms with E-state index in [0.717, 1.165) is 5.56 Å². The third-order valence-corrected chi connectivity index (χ3v) is 4.32. The van der Waals surface area contributed by atoms with Crippen molar-refractivity contribution in [3.05, 3.63) is 78.9 Å². The molecule has 0 bridgehead atoms. The maximum Gasteiger partial charge on any atom is 0.487 e. The largest absolute Gasteiger partial charge is 0.487 e. The predicted molar refractivity (Wildman–Crippen MR) is 122 cm³/mol. The van der Waals surface area contributed by atoms with Crippen LogP contribution in [-0.4, -0.2) is 31.6 Å². The lowest BCUT2D eigenvalue weighted by Crippen LogP contribution is -2.16. The minimum Gasteiger partial charge on any atom is -0.420 e. The molecular weight excluding hydrogens is 452 g/mol. The number of carbonyl (C=O) groups excluding carboxylic acids is 1. The van der Waals surface area contributed by atoms with E-state index in [1.807, 2.05) is 26.0 Å². The van der Waals surface area contributed by atoms with Gasteiger partial charge in [0.25, 0.3) is 5.91 Å². The molecule has 7 nitrogen and oxygen atoms in total. The summed E-state index contributed by atoms with van der Waals surface area (Å²) in [5.74, 6) is -0.561. The highest BCUT2D eigenvalue weighted by Crippen LogP contribution is 2.30. The number of aromatic amines is 1. The summed E-state index contributed by atoms with van der Waals surface area (Å²) in [7, 11) is 0. The Bertz CT molecular complexity index is 1180. The second-order valence-corrected chi connectivity index (χ2v) is 6.79. The van der Waals surface area contributed by atoms with E-state index in [1.165, 1.54) is 30.5 Å². The second kappa shape index (κ2) is 10.6. The van der Waals surface area contributed by atoms with Gasteiger partial charge in [0.15, 0.2) is 0 Å². The van der Waals surface area contributed by atoms with E-state index < -0.39 is 11.5 Å². The first-order chi connectivity index (χ1) is 15.9. The monoisotopic (exact) mass is 471 g/mol. The number of aromatic nitrogens is 4. The smallest absolute Gasteiger partial charge is 0.420 e. The molecule has 0 saturated carbocycles. The van der Waals surface area contributed by atoms with Gasteiger partial charge in [0, 0.05) is 53.2 Å². The van der Waals surface area contributed by atoms with Crippen LogP contribution in [0, 0.1) is 0 Å². The van der Waals surface area contributed by atoms with Gasteiger partial charge in [0.05, 0.1) is 17.0 Å². The number of halogens is 3. The molecular formula is C23H20ClF2N5O2. The molecule has 2 N–H and O–H groups in total. The molecule has 4 rings (SSSR count). The molecule has 170 valence electrons. The average molecular weight is 472 g/mol. The Kier molecular flexibility index (Phi) is 7.68. The Hall–Kier alpha value is -3.85. The van der Waals surface area contributed by atoms with Crippen molar-refractivity contribution in [3.63, 3.8) is 0 Å². The normalized spacial score (nSPS) is 10.7. The third-order valence-electron chi connectivity index (χ3n) is 4.24. The van der Waals surface area contributed by atoms with Crippen LogP contribution in [0.1, 0.15) is 24.2 Å². The number of anilines is 1. The van der Waals surface area contributed by atoms with Crippen molar-refractivity contribution in [2.24, 2.45) is 0 Å². The lowest BCUT2D eigenvalue weighted by molar-refractivity contribution is -0.0964. The number of hydrogen-bond acceptors (Lipinski definition) is 5. The fourth-order valence-corrected chi connectivity index (χ4v) is 2.97. The van der Waals surface area contributed by atoms with E-state index in [0.29, 0.717) is 28.2 Å². The number of carbonyl (C=O) groups is 1. The van der Waals surface area contributed by atoms with Crippen molar-refractivity contribution in [1.82, 2.24) is 20.2 Å². The van der Waals surface area contributed by atoms with Gasteiger partial charge >= 0.3 is 5.57 Å². The van der Waals surface area contributed by atoms with E-state index in [1.54, 1.807) is 30.7 Å². The summed E-state index contributed by atoms with van der Waals surface area (Å²) in [5.41, 5.74) is -0.255. The number of hydrogen-bond donors (Lipinski definition) is 2. The number of rotatable bonds is 6. The van der Waals surface area contributed by atoms with Crippen molar-refractivity contribution >= 4 is 23.2 Å². The van der Waals surface area contributed by atoms with E-state index in [4.69, 9.17) is 11.6 Å². The van der Waals surface area contributed by atoms with Gasteiger partial charge in [-0.2, -0.15) is 5.10 Å². The summed E-state index contributed by atoms with van der Waals surface area (Å²) in [4.78, 5) is 21.2. The Morgan fingerprint density at radius 2 is 1.76 bits per heavy atom. The van der Waals surface area contributed by atoms with Crippen LogP contribution in [0.4, 0.5) is 14.5 Å². The summed E-state index contributed by atoms with van der Waals surface area (Å²) >= 11 is 4.74. The Labute approximate surface area is 193 Å². The highest BCUT2D eigenvalue weighted by Gasteiger charge is 2.27. The van der Waals surface area contributed by atoms with Crippen molar-refractivity contribution in [1.29, 1.82) is 0 Å². The zero-order chi connectivity index (χ0) is 23.8. The average Bonchev–Trinajstić information content (AvgIpc) is 3.36. The number of benzene rings is 1. The van der Waals surface area contributed by atoms with Crippen LogP contribution in [0.2, 0.25) is 0 Å². The number of alkyl halides is 3. The molecule has 0 spiro atoms. The zero-order valence-electron chi connectivity index (χ0n) is 17.7. The third kappa shape index (κ3) is 6.33. The second-order valence-electron chi connectivity index (χ2n) is 6.35. The van der Waals surface area contributed by atoms with Crippen LogP contribution >= 0.6 is 11.6 Å². The van der Waals surface area contributed by atoms with Crippen LogP contribution in [0.25, 0.3) is 22.5 Å². The minimum atomic E-state index is -3.81. The molecule has 0 aliphatic heterocycles. The molecule has 33 heavy (non-hydrogen) atoms. The standard InChI is InChI=1S/C21H14ClF2N5O2.C2H6/c22-21(23,24)31-16-3-1-15(2-4-16)28-20(30)14-11-17(18-7-10-27-29-18)19(26-12-14)13-5-8-25-9-6-13;1-2/h1-12H,(H,27,29)(H,28,30);1-2H3. The highest BCUT2D eigenvalue weighted by molar-refractivity contribution is 6.20. The summed E-state index contributed by atoms with van der Waals surface area (Å²) < 4.78 is 29.7. The molecule has 0 radical (unpaired) electrons. The molecule has 1 aromatic carbocycles. The predicted octanol–water partition coefficient (Wildman–Crippen LogP) is 5.98. The Balaban J connectivity index is 0.00000149. The molecule has 1 amide bonds. The first-order valence-corrected chi connectivity index (χ1v) is 10.3. The summed E-state index contributed by atoms with van der Waals surface area (Å²) in [6, 6.07) is 12.5. The van der Waals surface area contributed by atoms with Gasteiger partial charge in [-0.15, -0.1) is 8.78 Å². The first-order valence-electron chi connectivity index (χ1n) is 9.96. The van der Waals surface area contributed by atoms with Gasteiger partial charge < -0.3 is 10.1 Å². The lowest BCUT2D eigenvalue weighted by atomic mass is 10.0. The summed E-state index contributed by atoms with van der Waals surface area (Å²) in [6.07, 6.45) is 6.37. The number of nitrogens with zero attached hydrogens (tertiary/aromatic N) is 3. The Morgan fingerprint density at radius 1 is 1.06 bits per heavy atom. The number of ether oxygens (including phenoxy) is 1. The van der Waals surface area contributed by atoms with Crippen molar-refractivity contribution < 1.29 is 18.3 Å². The molecule has 4 aromatic rings. The van der Waals surface area contributed by atoms with Crippen molar-refractivity contribution in [2.75, 3.05) is 5.32 Å². The molecule has 0 atom stereocenters. The molecule has 0 unspecified atom stereocenters. The summed E-state index contributed by atoms with van der Waals surface area (Å²) in [6.45, 7) is 4.00. The molecule has 3 aromatic heterocycles. The zero-order valence-corrected chi connectivity index (χ0v) is 18.5. The van der Waals surface area contributed by atoms with E-state index in [2.05, 4.69) is 30.2 Å². The molecule has 0 aliphatic carbocycles.